The summed E-state index contributed by atoms with van der Waals surface area (Å²) in [4.78, 5) is 29.7. The number of hydrogen-bond donors (Lipinski definition) is 0. The summed E-state index contributed by atoms with van der Waals surface area (Å²) in [5.74, 6) is 1.06. The minimum Gasteiger partial charge on any atom is -0.493 e. The van der Waals surface area contributed by atoms with E-state index < -0.39 is 5.92 Å². The van der Waals surface area contributed by atoms with Gasteiger partial charge in [0.05, 0.1) is 7.11 Å². The summed E-state index contributed by atoms with van der Waals surface area (Å²) in [6.07, 6.45) is 6.62. The molecule has 4 rings (SSSR count). The first-order chi connectivity index (χ1) is 16.9. The highest BCUT2D eigenvalue weighted by molar-refractivity contribution is 6.06. The molecule has 0 fully saturated rings. The molecule has 1 aliphatic heterocycles. The van der Waals surface area contributed by atoms with Crippen LogP contribution >= 0.6 is 0 Å². The van der Waals surface area contributed by atoms with E-state index in [9.17, 15) is 9.59 Å². The van der Waals surface area contributed by atoms with Crippen molar-refractivity contribution < 1.29 is 19.1 Å². The average Bonchev–Trinajstić information content (AvgIpc) is 2.78. The topological polar surface area (TPSA) is 55.8 Å². The van der Waals surface area contributed by atoms with E-state index in [4.69, 9.17) is 9.47 Å². The van der Waals surface area contributed by atoms with Gasteiger partial charge in [0.25, 0.3) is 0 Å². The van der Waals surface area contributed by atoms with Gasteiger partial charge in [0.2, 0.25) is 0 Å². The van der Waals surface area contributed by atoms with E-state index in [1.807, 2.05) is 19.2 Å². The van der Waals surface area contributed by atoms with E-state index in [2.05, 4.69) is 51.8 Å². The molecule has 0 amide bonds. The maximum absolute atomic E-state index is 13.8. The summed E-state index contributed by atoms with van der Waals surface area (Å²) in [7, 11) is 3.64. The van der Waals surface area contributed by atoms with Gasteiger partial charge in [0.1, 0.15) is 6.61 Å². The zero-order valence-corrected chi connectivity index (χ0v) is 22.6. The quantitative estimate of drug-likeness (QED) is 0.421. The van der Waals surface area contributed by atoms with Crippen LogP contribution < -0.4 is 9.47 Å². The fourth-order valence-electron chi connectivity index (χ4n) is 6.11. The molecule has 3 aliphatic rings. The minimum absolute atomic E-state index is 0.124. The molecule has 0 spiro atoms. The van der Waals surface area contributed by atoms with E-state index in [1.54, 1.807) is 13.2 Å². The van der Waals surface area contributed by atoms with Gasteiger partial charge in [-0.3, -0.25) is 9.59 Å². The first-order valence-corrected chi connectivity index (χ1v) is 12.7. The highest BCUT2D eigenvalue weighted by Gasteiger charge is 2.48. The summed E-state index contributed by atoms with van der Waals surface area (Å²) in [6.45, 7) is 16.6. The Balaban J connectivity index is 1.99. The predicted octanol–water partition coefficient (Wildman–Crippen LogP) is 6.30. The lowest BCUT2D eigenvalue weighted by Crippen LogP contribution is -2.43. The van der Waals surface area contributed by atoms with Gasteiger partial charge in [-0.2, -0.15) is 0 Å². The number of ketones is 2. The molecule has 36 heavy (non-hydrogen) atoms. The van der Waals surface area contributed by atoms with Crippen molar-refractivity contribution in [2.24, 2.45) is 10.8 Å². The van der Waals surface area contributed by atoms with Gasteiger partial charge in [-0.1, -0.05) is 52.5 Å². The molecule has 1 heterocycles. The lowest BCUT2D eigenvalue weighted by molar-refractivity contribution is -0.119. The molecule has 192 valence electrons. The SMILES string of the molecule is C=CCOc1c(CC=C)cc(C2C3=C(CC(C)(C)CC3=O)N(C)C3=C2C(=O)CC(C)(C)C3)cc1OC. The maximum atomic E-state index is 13.8. The van der Waals surface area contributed by atoms with E-state index in [-0.39, 0.29) is 22.4 Å². The average molecular weight is 490 g/mol. The zero-order chi connectivity index (χ0) is 26.4. The molecule has 0 radical (unpaired) electrons. The van der Waals surface area contributed by atoms with Crippen LogP contribution in [0, 0.1) is 10.8 Å². The second-order valence-electron chi connectivity index (χ2n) is 11.9. The van der Waals surface area contributed by atoms with Crippen LogP contribution in [-0.4, -0.2) is 37.2 Å². The number of methoxy groups -OCH3 is 1. The van der Waals surface area contributed by atoms with Crippen molar-refractivity contribution in [2.45, 2.75) is 65.7 Å². The monoisotopic (exact) mass is 489 g/mol. The highest BCUT2D eigenvalue weighted by atomic mass is 16.5. The Kier molecular flexibility index (Phi) is 6.80. The molecular formula is C31H39NO4. The van der Waals surface area contributed by atoms with Crippen LogP contribution in [0.15, 0.2) is 60.0 Å². The van der Waals surface area contributed by atoms with Crippen molar-refractivity contribution in [1.29, 1.82) is 0 Å². The van der Waals surface area contributed by atoms with Crippen LogP contribution in [0.4, 0.5) is 0 Å². The fraction of sp³-hybridized carbons (Fsp3) is 0.484. The van der Waals surface area contributed by atoms with Crippen LogP contribution in [0.5, 0.6) is 11.5 Å². The Morgan fingerprint density at radius 1 is 0.944 bits per heavy atom. The molecular weight excluding hydrogens is 450 g/mol. The van der Waals surface area contributed by atoms with Crippen molar-refractivity contribution >= 4 is 11.6 Å². The molecule has 2 aliphatic carbocycles. The third-order valence-corrected chi connectivity index (χ3v) is 7.60. The van der Waals surface area contributed by atoms with Gasteiger partial charge >= 0.3 is 0 Å². The Labute approximate surface area is 215 Å². The van der Waals surface area contributed by atoms with Gasteiger partial charge in [-0.05, 0) is 41.7 Å². The first-order valence-electron chi connectivity index (χ1n) is 12.7. The van der Waals surface area contributed by atoms with Crippen molar-refractivity contribution in [3.8, 4) is 11.5 Å². The van der Waals surface area contributed by atoms with Crippen LogP contribution in [0.1, 0.15) is 70.4 Å². The number of Topliss-reactive ketones (excluding diaryl/α,β-unsaturated/α-hetero) is 2. The molecule has 0 aromatic heterocycles. The lowest BCUT2D eigenvalue weighted by Gasteiger charge is -2.48. The summed E-state index contributed by atoms with van der Waals surface area (Å²) in [6, 6.07) is 4.00. The number of carbonyl (C=O) groups excluding carboxylic acids is 2. The third-order valence-electron chi connectivity index (χ3n) is 7.60. The normalized spacial score (nSPS) is 21.2. The smallest absolute Gasteiger partial charge is 0.165 e. The molecule has 0 atom stereocenters. The number of ether oxygens (including phenoxy) is 2. The minimum atomic E-state index is -0.413. The predicted molar refractivity (Wildman–Crippen MR) is 143 cm³/mol. The zero-order valence-electron chi connectivity index (χ0n) is 22.6. The number of benzene rings is 1. The third kappa shape index (κ3) is 4.56. The molecule has 1 aromatic carbocycles. The standard InChI is InChI=1S/C31H39NO4/c1-9-11-19-13-20(14-25(35-8)29(19)36-12-10-2)26-27-21(15-30(3,4)17-23(27)33)32(7)22-16-31(5,6)18-24(34)28(22)26/h9-10,13-14,26H,1-2,11-12,15-18H2,3-8H3. The van der Waals surface area contributed by atoms with E-state index >= 15 is 0 Å². The fourth-order valence-corrected chi connectivity index (χ4v) is 6.11. The van der Waals surface area contributed by atoms with Crippen LogP contribution in [0.3, 0.4) is 0 Å². The van der Waals surface area contributed by atoms with E-state index in [1.165, 1.54) is 0 Å². The summed E-state index contributed by atoms with van der Waals surface area (Å²) < 4.78 is 11.7. The summed E-state index contributed by atoms with van der Waals surface area (Å²) in [5, 5.41) is 0. The highest BCUT2D eigenvalue weighted by Crippen LogP contribution is 2.54. The maximum Gasteiger partial charge on any atom is 0.165 e. The Hall–Kier alpha value is -3.08. The van der Waals surface area contributed by atoms with Crippen molar-refractivity contribution in [3.05, 3.63) is 71.1 Å². The molecule has 0 saturated carbocycles. The number of hydrogen-bond acceptors (Lipinski definition) is 5. The Morgan fingerprint density at radius 2 is 1.50 bits per heavy atom. The molecule has 5 nitrogen and oxygen atoms in total. The molecule has 0 saturated heterocycles. The lowest BCUT2D eigenvalue weighted by atomic mass is 9.63. The molecule has 5 heteroatoms. The molecule has 1 aromatic rings. The molecule has 0 bridgehead atoms. The van der Waals surface area contributed by atoms with E-state index in [0.29, 0.717) is 37.4 Å². The van der Waals surface area contributed by atoms with Crippen molar-refractivity contribution in [2.75, 3.05) is 20.8 Å². The molecule has 0 unspecified atom stereocenters. The summed E-state index contributed by atoms with van der Waals surface area (Å²) >= 11 is 0. The number of rotatable bonds is 7. The Morgan fingerprint density at radius 3 is 1.97 bits per heavy atom. The second kappa shape index (κ2) is 9.42. The number of nitrogens with zero attached hydrogens (tertiary/aromatic N) is 1. The van der Waals surface area contributed by atoms with Gasteiger partial charge in [-0.15, -0.1) is 6.58 Å². The van der Waals surface area contributed by atoms with Crippen LogP contribution in [0.2, 0.25) is 0 Å². The summed E-state index contributed by atoms with van der Waals surface area (Å²) in [5.41, 5.74) is 5.15. The van der Waals surface area contributed by atoms with Gasteiger partial charge in [-0.25, -0.2) is 0 Å². The van der Waals surface area contributed by atoms with Gasteiger partial charge in [0, 0.05) is 53.9 Å². The number of carbonyl (C=O) groups is 2. The Bertz CT molecular complexity index is 1140. The number of allylic oxidation sites excluding steroid dienone is 5. The van der Waals surface area contributed by atoms with Gasteiger partial charge < -0.3 is 14.4 Å². The van der Waals surface area contributed by atoms with Crippen molar-refractivity contribution in [3.63, 3.8) is 0 Å². The molecule has 0 N–H and O–H groups in total. The van der Waals surface area contributed by atoms with Crippen LogP contribution in [0.25, 0.3) is 0 Å². The second-order valence-corrected chi connectivity index (χ2v) is 11.9. The largest absolute Gasteiger partial charge is 0.493 e. The van der Waals surface area contributed by atoms with Gasteiger partial charge in [0.15, 0.2) is 23.1 Å². The van der Waals surface area contributed by atoms with Crippen LogP contribution in [-0.2, 0) is 16.0 Å². The van der Waals surface area contributed by atoms with E-state index in [0.717, 1.165) is 46.5 Å². The van der Waals surface area contributed by atoms with Crippen molar-refractivity contribution in [1.82, 2.24) is 4.90 Å². The first kappa shape index (κ1) is 26.0.